The predicted octanol–water partition coefficient (Wildman–Crippen LogP) is 5.02. The largest absolute Gasteiger partial charge is 0.481 e. The second kappa shape index (κ2) is 9.77. The first-order valence-electron chi connectivity index (χ1n) is 10.7. The van der Waals surface area contributed by atoms with Crippen molar-refractivity contribution in [3.63, 3.8) is 0 Å². The van der Waals surface area contributed by atoms with E-state index in [0.29, 0.717) is 42.3 Å². The lowest BCUT2D eigenvalue weighted by atomic mass is 9.96. The minimum absolute atomic E-state index is 0.0217. The number of amides is 1. The van der Waals surface area contributed by atoms with Crippen molar-refractivity contribution in [3.8, 4) is 0 Å². The number of hydrogen-bond donors (Lipinski definition) is 2. The molecule has 1 aliphatic carbocycles. The molecule has 2 N–H and O–H groups in total. The second-order valence-corrected chi connectivity index (χ2v) is 9.35. The Labute approximate surface area is 189 Å². The smallest absolute Gasteiger partial charge is 0.303 e. The highest BCUT2D eigenvalue weighted by molar-refractivity contribution is 9.10. The average Bonchev–Trinajstić information content (AvgIpc) is 3.38. The summed E-state index contributed by atoms with van der Waals surface area (Å²) in [6.45, 7) is 0.529. The lowest BCUT2D eigenvalue weighted by Gasteiger charge is -2.36. The molecule has 1 aliphatic heterocycles. The number of carboxylic acid groups (broad SMARTS) is 1. The van der Waals surface area contributed by atoms with Crippen LogP contribution in [0.25, 0.3) is 0 Å². The van der Waals surface area contributed by atoms with E-state index < -0.39 is 23.5 Å². The number of hydrogen-bond acceptors (Lipinski definition) is 3. The van der Waals surface area contributed by atoms with Gasteiger partial charge >= 0.3 is 11.9 Å². The number of nitrogens with zero attached hydrogens (tertiary/aromatic N) is 1. The fourth-order valence-corrected chi connectivity index (χ4v) is 4.84. The topological polar surface area (TPSA) is 77.8 Å². The molecular formula is C23H28BrF2NO4. The molecule has 3 rings (SSSR count). The van der Waals surface area contributed by atoms with Crippen molar-refractivity contribution in [2.75, 3.05) is 6.54 Å². The number of rotatable bonds is 10. The summed E-state index contributed by atoms with van der Waals surface area (Å²) in [6.07, 6.45) is 4.76. The monoisotopic (exact) mass is 499 g/mol. The quantitative estimate of drug-likeness (QED) is 0.350. The second-order valence-electron chi connectivity index (χ2n) is 8.44. The minimum atomic E-state index is -3.44. The van der Waals surface area contributed by atoms with E-state index in [1.165, 1.54) is 24.3 Å². The van der Waals surface area contributed by atoms with Gasteiger partial charge in [-0.2, -0.15) is 8.78 Å². The van der Waals surface area contributed by atoms with E-state index in [-0.39, 0.29) is 17.9 Å². The van der Waals surface area contributed by atoms with Gasteiger partial charge in [0.05, 0.1) is 5.54 Å². The molecule has 1 saturated carbocycles. The summed E-state index contributed by atoms with van der Waals surface area (Å²) in [6, 6.07) is 5.73. The molecule has 0 radical (unpaired) electrons. The van der Waals surface area contributed by atoms with Crippen molar-refractivity contribution in [3.05, 3.63) is 46.0 Å². The number of likely N-dealkylation sites (tertiary alicyclic amines) is 1. The minimum Gasteiger partial charge on any atom is -0.481 e. The molecule has 0 bridgehead atoms. The number of carbonyl (C=O) groups is 2. The summed E-state index contributed by atoms with van der Waals surface area (Å²) in [5, 5.41) is 19.0. The van der Waals surface area contributed by atoms with Crippen LogP contribution in [0.5, 0.6) is 0 Å². The van der Waals surface area contributed by atoms with E-state index in [1.807, 2.05) is 0 Å². The maximum atomic E-state index is 14.8. The standard InChI is InChI=1S/C23H28BrF2NO4/c24-18-8-5-7-16(13-18)23(25,26)19(28)14-17-15-22(17)11-6-9-20(29)27(22)12-4-2-1-3-10-21(30)31/h5,7-8,13-14,19,28H,1-4,6,9-12,15H2,(H,30,31)/b17-14+/t19-,22?/m1/s1. The molecule has 1 aromatic rings. The van der Waals surface area contributed by atoms with Gasteiger partial charge in [0.15, 0.2) is 0 Å². The molecule has 2 fully saturated rings. The van der Waals surface area contributed by atoms with Gasteiger partial charge in [-0.1, -0.05) is 40.9 Å². The Morgan fingerprint density at radius 2 is 2.03 bits per heavy atom. The number of piperidine rings is 1. The third-order valence-corrected chi connectivity index (χ3v) is 6.71. The molecule has 1 aromatic carbocycles. The zero-order valence-corrected chi connectivity index (χ0v) is 18.9. The summed E-state index contributed by atoms with van der Waals surface area (Å²) in [5.41, 5.74) is -0.0995. The number of unbranched alkanes of at least 4 members (excludes halogenated alkanes) is 3. The van der Waals surface area contributed by atoms with Gasteiger partial charge in [0, 0.05) is 29.4 Å². The van der Waals surface area contributed by atoms with Crippen molar-refractivity contribution in [1.82, 2.24) is 4.90 Å². The molecular weight excluding hydrogens is 472 g/mol. The van der Waals surface area contributed by atoms with Gasteiger partial charge in [-0.25, -0.2) is 0 Å². The van der Waals surface area contributed by atoms with Crippen LogP contribution in [0.3, 0.4) is 0 Å². The van der Waals surface area contributed by atoms with E-state index in [2.05, 4.69) is 15.9 Å². The van der Waals surface area contributed by atoms with Gasteiger partial charge in [0.2, 0.25) is 5.91 Å². The highest BCUT2D eigenvalue weighted by Crippen LogP contribution is 2.54. The molecule has 1 unspecified atom stereocenters. The Morgan fingerprint density at radius 3 is 2.74 bits per heavy atom. The van der Waals surface area contributed by atoms with Crippen LogP contribution < -0.4 is 0 Å². The zero-order chi connectivity index (χ0) is 22.6. The highest BCUT2D eigenvalue weighted by Gasteiger charge is 2.57. The van der Waals surface area contributed by atoms with Crippen LogP contribution in [-0.2, 0) is 15.5 Å². The highest BCUT2D eigenvalue weighted by atomic mass is 79.9. The number of carbonyl (C=O) groups excluding carboxylic acids is 1. The Balaban J connectivity index is 1.64. The van der Waals surface area contributed by atoms with Crippen molar-refractivity contribution >= 4 is 27.8 Å². The van der Waals surface area contributed by atoms with Crippen molar-refractivity contribution < 1.29 is 28.6 Å². The summed E-state index contributed by atoms with van der Waals surface area (Å²) >= 11 is 3.18. The van der Waals surface area contributed by atoms with Gasteiger partial charge in [0.25, 0.3) is 0 Å². The van der Waals surface area contributed by atoms with Crippen molar-refractivity contribution in [2.45, 2.75) is 75.4 Å². The van der Waals surface area contributed by atoms with Crippen LogP contribution in [0.1, 0.15) is 63.4 Å². The van der Waals surface area contributed by atoms with Crippen LogP contribution in [0.15, 0.2) is 40.4 Å². The van der Waals surface area contributed by atoms with Gasteiger partial charge < -0.3 is 15.1 Å². The van der Waals surface area contributed by atoms with E-state index in [9.17, 15) is 23.5 Å². The van der Waals surface area contributed by atoms with Gasteiger partial charge in [0.1, 0.15) is 6.10 Å². The Hall–Kier alpha value is -1.80. The van der Waals surface area contributed by atoms with E-state index >= 15 is 0 Å². The maximum Gasteiger partial charge on any atom is 0.303 e. The van der Waals surface area contributed by atoms with E-state index in [4.69, 9.17) is 5.11 Å². The molecule has 1 heterocycles. The number of halogens is 3. The summed E-state index contributed by atoms with van der Waals surface area (Å²) in [5.74, 6) is -4.22. The van der Waals surface area contributed by atoms with Crippen LogP contribution >= 0.6 is 15.9 Å². The number of aliphatic carboxylic acids is 1. The zero-order valence-electron chi connectivity index (χ0n) is 17.3. The number of aliphatic hydroxyl groups excluding tert-OH is 1. The summed E-state index contributed by atoms with van der Waals surface area (Å²) in [4.78, 5) is 24.9. The van der Waals surface area contributed by atoms with Gasteiger partial charge in [-0.05, 0) is 55.9 Å². The molecule has 5 nitrogen and oxygen atoms in total. The third-order valence-electron chi connectivity index (χ3n) is 6.22. The first-order chi connectivity index (χ1) is 14.7. The molecule has 31 heavy (non-hydrogen) atoms. The van der Waals surface area contributed by atoms with Gasteiger partial charge in [-0.3, -0.25) is 9.59 Å². The van der Waals surface area contributed by atoms with Crippen molar-refractivity contribution in [2.24, 2.45) is 0 Å². The van der Waals surface area contributed by atoms with Crippen molar-refractivity contribution in [1.29, 1.82) is 0 Å². The first-order valence-corrected chi connectivity index (χ1v) is 11.5. The molecule has 1 amide bonds. The lowest BCUT2D eigenvalue weighted by Crippen LogP contribution is -2.46. The Morgan fingerprint density at radius 1 is 1.29 bits per heavy atom. The van der Waals surface area contributed by atoms with Crippen LogP contribution in [0, 0.1) is 0 Å². The SMILES string of the molecule is O=C(O)CCCCCCN1C(=O)CCCC12C/C2=C\[C@@H](O)C(F)(F)c1cccc(Br)c1. The molecule has 2 atom stereocenters. The molecule has 2 aliphatic rings. The predicted molar refractivity (Wildman–Crippen MR) is 116 cm³/mol. The Kier molecular flexibility index (Phi) is 7.52. The maximum absolute atomic E-state index is 14.8. The summed E-state index contributed by atoms with van der Waals surface area (Å²) in [7, 11) is 0. The van der Waals surface area contributed by atoms with Crippen LogP contribution in [-0.4, -0.2) is 45.2 Å². The number of benzene rings is 1. The van der Waals surface area contributed by atoms with Crippen LogP contribution in [0.4, 0.5) is 8.78 Å². The number of aliphatic hydroxyl groups is 1. The molecule has 1 spiro atoms. The average molecular weight is 500 g/mol. The fraction of sp³-hybridized carbons (Fsp3) is 0.565. The molecule has 8 heteroatoms. The van der Waals surface area contributed by atoms with Gasteiger partial charge in [-0.15, -0.1) is 0 Å². The lowest BCUT2D eigenvalue weighted by molar-refractivity contribution is -0.137. The molecule has 170 valence electrons. The summed E-state index contributed by atoms with van der Waals surface area (Å²) < 4.78 is 30.1. The molecule has 0 aromatic heterocycles. The number of carboxylic acids is 1. The Bertz CT molecular complexity index is 860. The normalized spacial score (nSPS) is 23.4. The number of alkyl halides is 2. The van der Waals surface area contributed by atoms with E-state index in [0.717, 1.165) is 25.7 Å². The fourth-order valence-electron chi connectivity index (χ4n) is 4.44. The first kappa shape index (κ1) is 23.9. The molecule has 1 saturated heterocycles. The van der Waals surface area contributed by atoms with E-state index in [1.54, 1.807) is 11.0 Å². The third kappa shape index (κ3) is 5.52. The van der Waals surface area contributed by atoms with Crippen LogP contribution in [0.2, 0.25) is 0 Å².